The van der Waals surface area contributed by atoms with Crippen molar-refractivity contribution in [3.05, 3.63) is 176 Å². The maximum atomic E-state index is 6.60. The average molecular weight is 724 g/mol. The van der Waals surface area contributed by atoms with Gasteiger partial charge in [-0.3, -0.25) is 0 Å². The molecule has 9 aromatic carbocycles. The van der Waals surface area contributed by atoms with Crippen molar-refractivity contribution in [2.75, 3.05) is 4.90 Å². The fourth-order valence-electron chi connectivity index (χ4n) is 8.53. The average Bonchev–Trinajstić information content (AvgIpc) is 3.92. The molecule has 0 bridgehead atoms. The van der Waals surface area contributed by atoms with Crippen LogP contribution >= 0.6 is 22.7 Å². The van der Waals surface area contributed by atoms with Gasteiger partial charge in [-0.05, 0) is 94.0 Å². The number of anilines is 3. The number of nitrogens with zero attached hydrogens (tertiary/aromatic N) is 1. The van der Waals surface area contributed by atoms with Crippen LogP contribution < -0.4 is 4.90 Å². The van der Waals surface area contributed by atoms with Gasteiger partial charge in [-0.15, -0.1) is 22.7 Å². The smallest absolute Gasteiger partial charge is 0.143 e. The first-order valence-electron chi connectivity index (χ1n) is 18.2. The molecule has 0 spiro atoms. The van der Waals surface area contributed by atoms with Crippen LogP contribution in [0.4, 0.5) is 17.1 Å². The first-order chi connectivity index (χ1) is 26.7. The highest BCUT2D eigenvalue weighted by Crippen LogP contribution is 2.48. The minimum Gasteiger partial charge on any atom is -0.455 e. The molecule has 54 heavy (non-hydrogen) atoms. The van der Waals surface area contributed by atoms with E-state index in [1.165, 1.54) is 84.1 Å². The van der Waals surface area contributed by atoms with Crippen molar-refractivity contribution in [1.29, 1.82) is 0 Å². The van der Waals surface area contributed by atoms with Crippen molar-refractivity contribution < 1.29 is 4.42 Å². The minimum absolute atomic E-state index is 0.932. The molecule has 0 saturated heterocycles. The van der Waals surface area contributed by atoms with Gasteiger partial charge in [0.15, 0.2) is 0 Å². The molecule has 0 aliphatic heterocycles. The van der Waals surface area contributed by atoms with E-state index in [1.54, 1.807) is 0 Å². The van der Waals surface area contributed by atoms with E-state index in [1.807, 2.05) is 22.7 Å². The Bertz CT molecular complexity index is 3460. The lowest BCUT2D eigenvalue weighted by Crippen LogP contribution is -2.10. The molecule has 0 aliphatic carbocycles. The summed E-state index contributed by atoms with van der Waals surface area (Å²) < 4.78 is 11.7. The standard InChI is InChI=1S/C50H29NOS2/c1-2-10-33-28-34(17-16-30(33)8-1)31-18-21-35(22-19-31)51(41-13-7-15-44-47(41)38-12-5-6-14-43(38)53-44)36-23-25-39-46(29-36)54-45-27-26-42-48(49(39)45)40-24-20-32-9-3-4-11-37(32)50(40)52-42/h1-29H. The highest BCUT2D eigenvalue weighted by molar-refractivity contribution is 7.26. The third-order valence-electron chi connectivity index (χ3n) is 11.0. The molecule has 4 heteroatoms. The van der Waals surface area contributed by atoms with E-state index in [0.717, 1.165) is 27.9 Å². The summed E-state index contributed by atoms with van der Waals surface area (Å²) >= 11 is 3.72. The Morgan fingerprint density at radius 2 is 1.04 bits per heavy atom. The van der Waals surface area contributed by atoms with Crippen LogP contribution in [0.2, 0.25) is 0 Å². The summed E-state index contributed by atoms with van der Waals surface area (Å²) in [7, 11) is 0. The Kier molecular flexibility index (Phi) is 6.41. The fourth-order valence-corrected chi connectivity index (χ4v) is 10.8. The van der Waals surface area contributed by atoms with Gasteiger partial charge in [0.1, 0.15) is 11.2 Å². The second-order valence-corrected chi connectivity index (χ2v) is 16.2. The van der Waals surface area contributed by atoms with Crippen LogP contribution in [0.3, 0.4) is 0 Å². The molecule has 252 valence electrons. The van der Waals surface area contributed by atoms with Crippen molar-refractivity contribution in [2.45, 2.75) is 0 Å². The van der Waals surface area contributed by atoms with Gasteiger partial charge < -0.3 is 9.32 Å². The number of benzene rings is 9. The van der Waals surface area contributed by atoms with Crippen molar-refractivity contribution >= 4 is 124 Å². The molecule has 3 aromatic heterocycles. The summed E-state index contributed by atoms with van der Waals surface area (Å²) in [4.78, 5) is 2.45. The quantitative estimate of drug-likeness (QED) is 0.180. The monoisotopic (exact) mass is 723 g/mol. The molecule has 2 nitrogen and oxygen atoms in total. The predicted molar refractivity (Wildman–Crippen MR) is 235 cm³/mol. The molecule has 0 atom stereocenters. The van der Waals surface area contributed by atoms with Gasteiger partial charge in [0.2, 0.25) is 0 Å². The number of furan rings is 1. The molecule has 0 saturated carbocycles. The summed E-state index contributed by atoms with van der Waals surface area (Å²) in [5.74, 6) is 0. The van der Waals surface area contributed by atoms with Crippen LogP contribution in [0, 0.1) is 0 Å². The summed E-state index contributed by atoms with van der Waals surface area (Å²) in [6.45, 7) is 0. The van der Waals surface area contributed by atoms with E-state index in [9.17, 15) is 0 Å². The summed E-state index contributed by atoms with van der Waals surface area (Å²) in [5.41, 5.74) is 7.75. The molecule has 0 unspecified atom stereocenters. The zero-order valence-corrected chi connectivity index (χ0v) is 30.5. The Labute approximate surface area is 318 Å². The number of thiophene rings is 2. The van der Waals surface area contributed by atoms with E-state index < -0.39 is 0 Å². The van der Waals surface area contributed by atoms with Crippen LogP contribution in [0.15, 0.2) is 180 Å². The molecule has 0 N–H and O–H groups in total. The highest BCUT2D eigenvalue weighted by atomic mass is 32.1. The number of rotatable bonds is 4. The number of hydrogen-bond donors (Lipinski definition) is 0. The van der Waals surface area contributed by atoms with Gasteiger partial charge in [0.25, 0.3) is 0 Å². The normalized spacial score (nSPS) is 12.1. The first-order valence-corrected chi connectivity index (χ1v) is 19.9. The van der Waals surface area contributed by atoms with Crippen molar-refractivity contribution in [3.63, 3.8) is 0 Å². The SMILES string of the molecule is c1ccc2cc(-c3ccc(N(c4ccc5c(c4)sc4ccc6oc7c8ccccc8ccc7c6c45)c4cccc5sc6ccccc6c45)cc3)ccc2c1. The topological polar surface area (TPSA) is 16.4 Å². The summed E-state index contributed by atoms with van der Waals surface area (Å²) in [6, 6.07) is 64.2. The molecule has 3 heterocycles. The third kappa shape index (κ3) is 4.45. The van der Waals surface area contributed by atoms with Crippen molar-refractivity contribution in [2.24, 2.45) is 0 Å². The maximum Gasteiger partial charge on any atom is 0.143 e. The lowest BCUT2D eigenvalue weighted by molar-refractivity contribution is 0.673. The van der Waals surface area contributed by atoms with Gasteiger partial charge in [0, 0.05) is 67.9 Å². The largest absolute Gasteiger partial charge is 0.455 e. The van der Waals surface area contributed by atoms with Crippen LogP contribution in [-0.4, -0.2) is 0 Å². The lowest BCUT2D eigenvalue weighted by Gasteiger charge is -2.27. The van der Waals surface area contributed by atoms with Gasteiger partial charge >= 0.3 is 0 Å². The summed E-state index contributed by atoms with van der Waals surface area (Å²) in [6.07, 6.45) is 0. The van der Waals surface area contributed by atoms with E-state index >= 15 is 0 Å². The van der Waals surface area contributed by atoms with Crippen molar-refractivity contribution in [3.8, 4) is 11.1 Å². The third-order valence-corrected chi connectivity index (χ3v) is 13.3. The Morgan fingerprint density at radius 1 is 0.370 bits per heavy atom. The summed E-state index contributed by atoms with van der Waals surface area (Å²) in [5, 5.41) is 12.3. The van der Waals surface area contributed by atoms with Crippen LogP contribution in [0.1, 0.15) is 0 Å². The first kappa shape index (κ1) is 30.0. The van der Waals surface area contributed by atoms with Gasteiger partial charge in [-0.25, -0.2) is 0 Å². The van der Waals surface area contributed by atoms with Gasteiger partial charge in [0.05, 0.1) is 5.69 Å². The fraction of sp³-hybridized carbons (Fsp3) is 0. The van der Waals surface area contributed by atoms with Crippen LogP contribution in [-0.2, 0) is 0 Å². The minimum atomic E-state index is 0.932. The van der Waals surface area contributed by atoms with E-state index in [0.29, 0.717) is 0 Å². The molecule has 12 rings (SSSR count). The zero-order valence-electron chi connectivity index (χ0n) is 28.9. The molecular formula is C50H29NOS2. The predicted octanol–water partition coefficient (Wildman–Crippen LogP) is 15.8. The molecular weight excluding hydrogens is 695 g/mol. The molecule has 0 fully saturated rings. The van der Waals surface area contributed by atoms with Gasteiger partial charge in [-0.2, -0.15) is 0 Å². The zero-order chi connectivity index (χ0) is 35.3. The Hall–Kier alpha value is -6.46. The highest BCUT2D eigenvalue weighted by Gasteiger charge is 2.21. The van der Waals surface area contributed by atoms with E-state index in [2.05, 4.69) is 181 Å². The van der Waals surface area contributed by atoms with Crippen LogP contribution in [0.5, 0.6) is 0 Å². The maximum absolute atomic E-state index is 6.60. The molecule has 0 amide bonds. The van der Waals surface area contributed by atoms with Gasteiger partial charge in [-0.1, -0.05) is 109 Å². The van der Waals surface area contributed by atoms with Crippen molar-refractivity contribution in [1.82, 2.24) is 0 Å². The Balaban J connectivity index is 1.07. The Morgan fingerprint density at radius 3 is 1.94 bits per heavy atom. The van der Waals surface area contributed by atoms with E-state index in [4.69, 9.17) is 4.42 Å². The van der Waals surface area contributed by atoms with Crippen LogP contribution in [0.25, 0.3) is 95.0 Å². The van der Waals surface area contributed by atoms with E-state index in [-0.39, 0.29) is 0 Å². The number of fused-ring (bicyclic) bond motifs is 13. The molecule has 12 aromatic rings. The second-order valence-electron chi connectivity index (χ2n) is 14.1. The molecule has 0 radical (unpaired) electrons. The lowest BCUT2D eigenvalue weighted by atomic mass is 10.0. The number of hydrogen-bond acceptors (Lipinski definition) is 4. The second kappa shape index (κ2) is 11.5. The molecule has 0 aliphatic rings.